The molecule has 0 unspecified atom stereocenters. The first kappa shape index (κ1) is 8.69. The van der Waals surface area contributed by atoms with Gasteiger partial charge in [0.1, 0.15) is 0 Å². The van der Waals surface area contributed by atoms with Gasteiger partial charge in [0.05, 0.1) is 0 Å². The molecule has 2 nitrogen and oxygen atoms in total. The van der Waals surface area contributed by atoms with Crippen molar-refractivity contribution in [3.05, 3.63) is 36.5 Å². The molecule has 0 saturated carbocycles. The highest BCUT2D eigenvalue weighted by Crippen LogP contribution is 1.79. The minimum Gasteiger partial charge on any atom is -0.478 e. The van der Waals surface area contributed by atoms with Crippen LogP contribution in [0.25, 0.3) is 0 Å². The van der Waals surface area contributed by atoms with E-state index in [1.54, 1.807) is 12.2 Å². The van der Waals surface area contributed by atoms with Crippen LogP contribution in [0.3, 0.4) is 0 Å². The maximum atomic E-state index is 9.89. The molecule has 0 radical (unpaired) electrons. The van der Waals surface area contributed by atoms with Crippen molar-refractivity contribution in [3.8, 4) is 0 Å². The van der Waals surface area contributed by atoms with E-state index in [1.165, 1.54) is 6.08 Å². The van der Waals surface area contributed by atoms with Crippen molar-refractivity contribution in [2.45, 2.75) is 6.92 Å². The van der Waals surface area contributed by atoms with Crippen molar-refractivity contribution in [1.82, 2.24) is 0 Å². The smallest absolute Gasteiger partial charge is 0.328 e. The topological polar surface area (TPSA) is 37.3 Å². The lowest BCUT2D eigenvalue weighted by atomic mass is 10.4. The van der Waals surface area contributed by atoms with Gasteiger partial charge in [-0.15, -0.1) is 0 Å². The van der Waals surface area contributed by atoms with Gasteiger partial charge in [0.15, 0.2) is 0 Å². The summed E-state index contributed by atoms with van der Waals surface area (Å²) >= 11 is 0. The summed E-state index contributed by atoms with van der Waals surface area (Å²) in [5.41, 5.74) is 0. The molecular weight excluding hydrogens is 128 g/mol. The molecule has 0 aliphatic carbocycles. The number of carboxylic acid groups (broad SMARTS) is 1. The molecule has 0 aliphatic heterocycles. The third kappa shape index (κ3) is 6.69. The Balaban J connectivity index is 3.62. The van der Waals surface area contributed by atoms with Crippen LogP contribution in [0.15, 0.2) is 36.5 Å². The summed E-state index contributed by atoms with van der Waals surface area (Å²) in [6, 6.07) is 0. The van der Waals surface area contributed by atoms with Crippen LogP contribution in [0.5, 0.6) is 0 Å². The van der Waals surface area contributed by atoms with Gasteiger partial charge in [0.2, 0.25) is 0 Å². The van der Waals surface area contributed by atoms with Crippen LogP contribution in [0.1, 0.15) is 6.92 Å². The van der Waals surface area contributed by atoms with Crippen LogP contribution in [0.4, 0.5) is 0 Å². The summed E-state index contributed by atoms with van der Waals surface area (Å²) in [7, 11) is 0. The maximum absolute atomic E-state index is 9.89. The van der Waals surface area contributed by atoms with E-state index in [2.05, 4.69) is 0 Å². The molecule has 0 heterocycles. The lowest BCUT2D eigenvalue weighted by Gasteiger charge is -1.73. The molecule has 0 rings (SSSR count). The number of hydrogen-bond donors (Lipinski definition) is 1. The van der Waals surface area contributed by atoms with E-state index >= 15 is 0 Å². The largest absolute Gasteiger partial charge is 0.478 e. The van der Waals surface area contributed by atoms with Gasteiger partial charge in [-0.2, -0.15) is 0 Å². The van der Waals surface area contributed by atoms with Crippen molar-refractivity contribution < 1.29 is 9.90 Å². The predicted molar refractivity (Wildman–Crippen MR) is 40.7 cm³/mol. The second-order valence-corrected chi connectivity index (χ2v) is 1.61. The van der Waals surface area contributed by atoms with Crippen molar-refractivity contribution in [2.24, 2.45) is 0 Å². The van der Waals surface area contributed by atoms with Crippen molar-refractivity contribution in [1.29, 1.82) is 0 Å². The zero-order chi connectivity index (χ0) is 7.82. The summed E-state index contributed by atoms with van der Waals surface area (Å²) in [6.07, 6.45) is 9.67. The Labute approximate surface area is 60.2 Å². The SMILES string of the molecule is C\C=C/C=C/C=C/C(=O)O. The summed E-state index contributed by atoms with van der Waals surface area (Å²) < 4.78 is 0. The third-order valence-corrected chi connectivity index (χ3v) is 0.765. The first-order chi connectivity index (χ1) is 4.77. The van der Waals surface area contributed by atoms with Gasteiger partial charge in [-0.05, 0) is 6.92 Å². The van der Waals surface area contributed by atoms with Gasteiger partial charge in [-0.25, -0.2) is 4.79 Å². The Morgan fingerprint density at radius 2 is 1.80 bits per heavy atom. The molecule has 0 aromatic rings. The van der Waals surface area contributed by atoms with E-state index in [0.717, 1.165) is 6.08 Å². The fraction of sp³-hybridized carbons (Fsp3) is 0.125. The number of carboxylic acids is 1. The first-order valence-corrected chi connectivity index (χ1v) is 2.96. The Morgan fingerprint density at radius 3 is 2.30 bits per heavy atom. The number of hydrogen-bond acceptors (Lipinski definition) is 1. The highest BCUT2D eigenvalue weighted by atomic mass is 16.4. The zero-order valence-electron chi connectivity index (χ0n) is 5.82. The Morgan fingerprint density at radius 1 is 1.20 bits per heavy atom. The summed E-state index contributed by atoms with van der Waals surface area (Å²) in [5, 5.41) is 8.13. The van der Waals surface area contributed by atoms with Crippen LogP contribution >= 0.6 is 0 Å². The minimum absolute atomic E-state index is 0.926. The van der Waals surface area contributed by atoms with E-state index in [-0.39, 0.29) is 0 Å². The second-order valence-electron chi connectivity index (χ2n) is 1.61. The molecular formula is C8H10O2. The molecule has 0 saturated heterocycles. The Bertz CT molecular complexity index is 176. The average molecular weight is 138 g/mol. The number of carbonyl (C=O) groups is 1. The van der Waals surface area contributed by atoms with Crippen molar-refractivity contribution in [3.63, 3.8) is 0 Å². The molecule has 0 aromatic carbocycles. The molecule has 0 fully saturated rings. The van der Waals surface area contributed by atoms with Crippen molar-refractivity contribution >= 4 is 5.97 Å². The zero-order valence-corrected chi connectivity index (χ0v) is 5.82. The van der Waals surface area contributed by atoms with E-state index < -0.39 is 5.97 Å². The lowest BCUT2D eigenvalue weighted by Crippen LogP contribution is -1.84. The van der Waals surface area contributed by atoms with E-state index in [1.807, 2.05) is 19.1 Å². The predicted octanol–water partition coefficient (Wildman–Crippen LogP) is 1.76. The van der Waals surface area contributed by atoms with E-state index in [4.69, 9.17) is 5.11 Å². The molecule has 0 atom stereocenters. The molecule has 0 aliphatic rings. The number of rotatable bonds is 3. The van der Waals surface area contributed by atoms with E-state index in [9.17, 15) is 4.79 Å². The maximum Gasteiger partial charge on any atom is 0.328 e. The quantitative estimate of drug-likeness (QED) is 0.476. The van der Waals surface area contributed by atoms with Gasteiger partial charge in [0.25, 0.3) is 0 Å². The highest BCUT2D eigenvalue weighted by Gasteiger charge is 1.78. The molecule has 54 valence electrons. The molecule has 0 aromatic heterocycles. The van der Waals surface area contributed by atoms with Crippen LogP contribution < -0.4 is 0 Å². The lowest BCUT2D eigenvalue weighted by molar-refractivity contribution is -0.131. The van der Waals surface area contributed by atoms with Gasteiger partial charge in [-0.3, -0.25) is 0 Å². The van der Waals surface area contributed by atoms with Gasteiger partial charge in [0, 0.05) is 6.08 Å². The molecule has 2 heteroatoms. The molecule has 0 spiro atoms. The average Bonchev–Trinajstić information content (AvgIpc) is 1.87. The summed E-state index contributed by atoms with van der Waals surface area (Å²) in [5.74, 6) is -0.926. The second kappa shape index (κ2) is 5.82. The summed E-state index contributed by atoms with van der Waals surface area (Å²) in [6.45, 7) is 1.89. The normalized spacial score (nSPS) is 12.1. The number of allylic oxidation sites excluding steroid dienone is 5. The number of aliphatic carboxylic acids is 1. The van der Waals surface area contributed by atoms with Crippen LogP contribution in [0, 0.1) is 0 Å². The van der Waals surface area contributed by atoms with Crippen molar-refractivity contribution in [2.75, 3.05) is 0 Å². The molecule has 0 bridgehead atoms. The third-order valence-electron chi connectivity index (χ3n) is 0.765. The summed E-state index contributed by atoms with van der Waals surface area (Å²) in [4.78, 5) is 9.89. The van der Waals surface area contributed by atoms with Gasteiger partial charge < -0.3 is 5.11 Å². The Hall–Kier alpha value is -1.31. The van der Waals surface area contributed by atoms with E-state index in [0.29, 0.717) is 0 Å². The molecule has 10 heavy (non-hydrogen) atoms. The fourth-order valence-electron chi connectivity index (χ4n) is 0.377. The molecule has 0 amide bonds. The van der Waals surface area contributed by atoms with Crippen LogP contribution in [-0.2, 0) is 4.79 Å². The van der Waals surface area contributed by atoms with Gasteiger partial charge >= 0.3 is 5.97 Å². The Kier molecular flexibility index (Phi) is 5.06. The minimum atomic E-state index is -0.926. The van der Waals surface area contributed by atoms with Crippen LogP contribution in [0.2, 0.25) is 0 Å². The van der Waals surface area contributed by atoms with Gasteiger partial charge in [-0.1, -0.05) is 30.4 Å². The van der Waals surface area contributed by atoms with Crippen LogP contribution in [-0.4, -0.2) is 11.1 Å². The monoisotopic (exact) mass is 138 g/mol. The highest BCUT2D eigenvalue weighted by molar-refractivity contribution is 5.80. The standard InChI is InChI=1S/C8H10O2/c1-2-3-4-5-6-7-8(9)10/h2-7H,1H3,(H,9,10)/b3-2-,5-4+,7-6+. The fourth-order valence-corrected chi connectivity index (χ4v) is 0.377. The first-order valence-electron chi connectivity index (χ1n) is 2.96. The molecule has 1 N–H and O–H groups in total.